The predicted molar refractivity (Wildman–Crippen MR) is 92.9 cm³/mol. The Bertz CT molecular complexity index is 829. The number of anilines is 2. The van der Waals surface area contributed by atoms with Crippen LogP contribution in [-0.4, -0.2) is 28.9 Å². The van der Waals surface area contributed by atoms with Crippen LogP contribution in [0.5, 0.6) is 5.75 Å². The molecule has 0 spiro atoms. The lowest BCUT2D eigenvalue weighted by Gasteiger charge is -2.11. The molecule has 1 heterocycles. The average molecular weight is 337 g/mol. The number of hydrogen-bond acceptors (Lipinski definition) is 7. The summed E-state index contributed by atoms with van der Waals surface area (Å²) in [5, 5.41) is 12.3. The summed E-state index contributed by atoms with van der Waals surface area (Å²) >= 11 is 0. The normalized spacial score (nSPS) is 13.5. The van der Waals surface area contributed by atoms with Gasteiger partial charge in [0.1, 0.15) is 12.4 Å². The maximum Gasteiger partial charge on any atom is 0.227 e. The van der Waals surface area contributed by atoms with Gasteiger partial charge in [0, 0.05) is 30.9 Å². The summed E-state index contributed by atoms with van der Waals surface area (Å²) in [4.78, 5) is 20.8. The Morgan fingerprint density at radius 2 is 2.12 bits per heavy atom. The second-order valence-corrected chi connectivity index (χ2v) is 5.80. The Kier molecular flexibility index (Phi) is 5.21. The number of nitrogens with one attached hydrogen (secondary N) is 1. The van der Waals surface area contributed by atoms with Crippen LogP contribution in [0.1, 0.15) is 40.9 Å². The summed E-state index contributed by atoms with van der Waals surface area (Å²) in [6, 6.07) is 7.20. The maximum atomic E-state index is 12.0. The van der Waals surface area contributed by atoms with Gasteiger partial charge in [-0.15, -0.1) is 0 Å². The van der Waals surface area contributed by atoms with Crippen LogP contribution in [0.3, 0.4) is 0 Å². The van der Waals surface area contributed by atoms with E-state index in [2.05, 4.69) is 21.4 Å². The van der Waals surface area contributed by atoms with Gasteiger partial charge in [0.25, 0.3) is 0 Å². The third-order valence-corrected chi connectivity index (χ3v) is 3.91. The van der Waals surface area contributed by atoms with Gasteiger partial charge in [-0.3, -0.25) is 4.79 Å². The van der Waals surface area contributed by atoms with Crippen LogP contribution in [0.4, 0.5) is 11.6 Å². The number of ether oxygens (including phenoxy) is 1. The molecule has 1 aliphatic carbocycles. The van der Waals surface area contributed by atoms with Crippen molar-refractivity contribution in [3.63, 3.8) is 0 Å². The van der Waals surface area contributed by atoms with Crippen molar-refractivity contribution in [1.82, 2.24) is 9.97 Å². The molecule has 1 aromatic heterocycles. The number of aromatic nitrogens is 2. The predicted octanol–water partition coefficient (Wildman–Crippen LogP) is 2.34. The lowest BCUT2D eigenvalue weighted by molar-refractivity contribution is 0.0981. The number of carbonyl (C=O) groups excluding carboxylic acids is 1. The van der Waals surface area contributed by atoms with E-state index in [1.807, 2.05) is 0 Å². The van der Waals surface area contributed by atoms with Crippen molar-refractivity contribution in [2.45, 2.75) is 25.7 Å². The molecule has 128 valence electrons. The van der Waals surface area contributed by atoms with E-state index in [0.29, 0.717) is 48.1 Å². The molecule has 7 nitrogen and oxygen atoms in total. The lowest BCUT2D eigenvalue weighted by Crippen LogP contribution is -2.11. The number of ketones is 1. The fourth-order valence-electron chi connectivity index (χ4n) is 2.74. The zero-order valence-electron chi connectivity index (χ0n) is 13.8. The van der Waals surface area contributed by atoms with Gasteiger partial charge in [0.05, 0.1) is 22.9 Å². The van der Waals surface area contributed by atoms with Crippen molar-refractivity contribution in [3.05, 3.63) is 41.2 Å². The summed E-state index contributed by atoms with van der Waals surface area (Å²) < 4.78 is 5.50. The van der Waals surface area contributed by atoms with E-state index in [0.717, 1.165) is 25.0 Å². The van der Waals surface area contributed by atoms with Crippen LogP contribution < -0.4 is 15.8 Å². The Morgan fingerprint density at radius 3 is 2.92 bits per heavy atom. The number of nitrogens with two attached hydrogens (primary N) is 1. The number of rotatable bonds is 5. The van der Waals surface area contributed by atoms with Crippen molar-refractivity contribution in [2.24, 2.45) is 5.73 Å². The minimum atomic E-state index is 0.1000. The number of nitrogens with zero attached hydrogens (tertiary/aromatic N) is 3. The fourth-order valence-corrected chi connectivity index (χ4v) is 2.74. The first kappa shape index (κ1) is 16.9. The molecule has 3 rings (SSSR count). The monoisotopic (exact) mass is 337 g/mol. The summed E-state index contributed by atoms with van der Waals surface area (Å²) in [5.74, 6) is 1.05. The number of fused-ring (bicyclic) bond motifs is 1. The highest BCUT2D eigenvalue weighted by atomic mass is 16.5. The molecule has 0 amide bonds. The number of carbonyl (C=O) groups is 1. The van der Waals surface area contributed by atoms with Gasteiger partial charge in [-0.25, -0.2) is 9.97 Å². The van der Waals surface area contributed by atoms with Crippen molar-refractivity contribution in [1.29, 1.82) is 5.26 Å². The molecular formula is C18H19N5O2. The topological polar surface area (TPSA) is 114 Å². The van der Waals surface area contributed by atoms with Crippen molar-refractivity contribution in [2.75, 3.05) is 18.5 Å². The molecule has 1 aromatic carbocycles. The standard InChI is InChI=1S/C18H19N5O2/c19-5-6-25-14-8-12(10-20)7-13(9-14)22-18-21-11-15-16(23-18)3-1-2-4-17(15)24/h7-9,11H,1-6,19H2,(H,21,22,23). The van der Waals surface area contributed by atoms with Gasteiger partial charge >= 0.3 is 0 Å². The second kappa shape index (κ2) is 7.73. The summed E-state index contributed by atoms with van der Waals surface area (Å²) in [5.41, 5.74) is 7.93. The number of nitriles is 1. The van der Waals surface area contributed by atoms with Gasteiger partial charge in [-0.05, 0) is 31.4 Å². The van der Waals surface area contributed by atoms with Gasteiger partial charge in [-0.1, -0.05) is 0 Å². The Balaban J connectivity index is 1.86. The maximum absolute atomic E-state index is 12.0. The zero-order chi connectivity index (χ0) is 17.6. The van der Waals surface area contributed by atoms with E-state index < -0.39 is 0 Å². The molecule has 0 saturated heterocycles. The minimum Gasteiger partial charge on any atom is -0.492 e. The van der Waals surface area contributed by atoms with Gasteiger partial charge in [0.2, 0.25) is 5.95 Å². The zero-order valence-corrected chi connectivity index (χ0v) is 13.8. The van der Waals surface area contributed by atoms with E-state index in [4.69, 9.17) is 15.7 Å². The molecule has 0 radical (unpaired) electrons. The lowest BCUT2D eigenvalue weighted by atomic mass is 10.1. The molecular weight excluding hydrogens is 318 g/mol. The molecule has 0 unspecified atom stereocenters. The Labute approximate surface area is 145 Å². The van der Waals surface area contributed by atoms with E-state index in [1.165, 1.54) is 0 Å². The largest absolute Gasteiger partial charge is 0.492 e. The smallest absolute Gasteiger partial charge is 0.227 e. The molecule has 7 heteroatoms. The van der Waals surface area contributed by atoms with Crippen LogP contribution in [0.2, 0.25) is 0 Å². The quantitative estimate of drug-likeness (QED) is 0.805. The Hall–Kier alpha value is -2.98. The van der Waals surface area contributed by atoms with E-state index in [9.17, 15) is 4.79 Å². The third kappa shape index (κ3) is 4.11. The SMILES string of the molecule is N#Cc1cc(Nc2ncc3c(n2)CCCCC3=O)cc(OCCN)c1. The van der Waals surface area contributed by atoms with E-state index in [-0.39, 0.29) is 5.78 Å². The Morgan fingerprint density at radius 1 is 1.28 bits per heavy atom. The molecule has 0 saturated carbocycles. The molecule has 1 aliphatic rings. The molecule has 0 atom stereocenters. The molecule has 2 aromatic rings. The van der Waals surface area contributed by atoms with Crippen molar-refractivity contribution < 1.29 is 9.53 Å². The molecule has 0 aliphatic heterocycles. The van der Waals surface area contributed by atoms with E-state index >= 15 is 0 Å². The molecule has 3 N–H and O–H groups in total. The van der Waals surface area contributed by atoms with Crippen molar-refractivity contribution in [3.8, 4) is 11.8 Å². The van der Waals surface area contributed by atoms with Crippen LogP contribution >= 0.6 is 0 Å². The first-order valence-corrected chi connectivity index (χ1v) is 8.24. The summed E-state index contributed by atoms with van der Waals surface area (Å²) in [7, 11) is 0. The molecule has 25 heavy (non-hydrogen) atoms. The van der Waals surface area contributed by atoms with Gasteiger partial charge in [0.15, 0.2) is 5.78 Å². The highest BCUT2D eigenvalue weighted by Crippen LogP contribution is 2.24. The van der Waals surface area contributed by atoms with E-state index in [1.54, 1.807) is 24.4 Å². The van der Waals surface area contributed by atoms with Crippen LogP contribution in [0.15, 0.2) is 24.4 Å². The van der Waals surface area contributed by atoms with Crippen LogP contribution in [0.25, 0.3) is 0 Å². The van der Waals surface area contributed by atoms with Gasteiger partial charge < -0.3 is 15.8 Å². The number of Topliss-reactive ketones (excluding diaryl/α,β-unsaturated/α-hetero) is 1. The van der Waals surface area contributed by atoms with Crippen LogP contribution in [0, 0.1) is 11.3 Å². The number of benzene rings is 1. The highest BCUT2D eigenvalue weighted by molar-refractivity contribution is 5.97. The number of aryl methyl sites for hydroxylation is 1. The summed E-state index contributed by atoms with van der Waals surface area (Å²) in [6.45, 7) is 0.757. The number of hydrogen-bond donors (Lipinski definition) is 2. The molecule has 0 fully saturated rings. The van der Waals surface area contributed by atoms with Crippen molar-refractivity contribution >= 4 is 17.4 Å². The minimum absolute atomic E-state index is 0.1000. The van der Waals surface area contributed by atoms with Crippen LogP contribution in [-0.2, 0) is 6.42 Å². The second-order valence-electron chi connectivity index (χ2n) is 5.80. The fraction of sp³-hybridized carbons (Fsp3) is 0.333. The first-order chi connectivity index (χ1) is 12.2. The first-order valence-electron chi connectivity index (χ1n) is 8.24. The average Bonchev–Trinajstić information content (AvgIpc) is 2.81. The third-order valence-electron chi connectivity index (χ3n) is 3.91. The van der Waals surface area contributed by atoms with Gasteiger partial charge in [-0.2, -0.15) is 5.26 Å². The summed E-state index contributed by atoms with van der Waals surface area (Å²) in [6.07, 6.45) is 4.72. The molecule has 0 bridgehead atoms. The highest BCUT2D eigenvalue weighted by Gasteiger charge is 2.18.